The lowest BCUT2D eigenvalue weighted by atomic mass is 9.95. The Balaban J connectivity index is 1.76. The zero-order chi connectivity index (χ0) is 18.7. The largest absolute Gasteiger partial charge is 0.375 e. The van der Waals surface area contributed by atoms with E-state index in [4.69, 9.17) is 14.7 Å². The summed E-state index contributed by atoms with van der Waals surface area (Å²) in [7, 11) is 3.41. The molecule has 8 heteroatoms. The van der Waals surface area contributed by atoms with E-state index in [0.717, 1.165) is 42.2 Å². The van der Waals surface area contributed by atoms with Crippen LogP contribution in [0.4, 0.5) is 5.82 Å². The Morgan fingerprint density at radius 3 is 2.54 bits per heavy atom. The summed E-state index contributed by atoms with van der Waals surface area (Å²) in [5.74, 6) is 2.02. The number of methoxy groups -OCH3 is 1. The number of hydrogen-bond donors (Lipinski definition) is 1. The molecule has 1 fully saturated rings. The minimum atomic E-state index is 0.0327. The van der Waals surface area contributed by atoms with E-state index in [-0.39, 0.29) is 24.3 Å². The van der Waals surface area contributed by atoms with Crippen LogP contribution in [-0.4, -0.2) is 72.0 Å². The predicted octanol–water partition coefficient (Wildman–Crippen LogP) is 0.775. The van der Waals surface area contributed by atoms with Crippen LogP contribution in [0.5, 0.6) is 0 Å². The third-order valence-electron chi connectivity index (χ3n) is 5.25. The van der Waals surface area contributed by atoms with Gasteiger partial charge >= 0.3 is 0 Å². The fourth-order valence-corrected chi connectivity index (χ4v) is 3.71. The Hall–Kier alpha value is -2.22. The van der Waals surface area contributed by atoms with Crippen molar-refractivity contribution in [1.29, 1.82) is 0 Å². The number of likely N-dealkylation sites (tertiary alicyclic amines) is 1. The topological polar surface area (TPSA) is 87.7 Å². The third kappa shape index (κ3) is 3.80. The number of piperidine rings is 1. The van der Waals surface area contributed by atoms with E-state index in [0.29, 0.717) is 26.2 Å². The quantitative estimate of drug-likeness (QED) is 0.853. The van der Waals surface area contributed by atoms with Crippen molar-refractivity contribution in [1.82, 2.24) is 19.8 Å². The molecule has 3 rings (SSSR count). The van der Waals surface area contributed by atoms with Crippen LogP contribution in [0.25, 0.3) is 0 Å². The first-order valence-electron chi connectivity index (χ1n) is 9.13. The SMILES string of the molecule is CNc1nc(C2CCN(C(=O)COC)CC2)nc2c1CCN(C(C)=O)C2. The number of anilines is 1. The van der Waals surface area contributed by atoms with Gasteiger partial charge in [0.1, 0.15) is 18.2 Å². The first-order chi connectivity index (χ1) is 12.5. The Morgan fingerprint density at radius 2 is 1.92 bits per heavy atom. The first kappa shape index (κ1) is 18.6. The Kier molecular flexibility index (Phi) is 5.70. The summed E-state index contributed by atoms with van der Waals surface area (Å²) < 4.78 is 4.93. The molecule has 1 N–H and O–H groups in total. The second-order valence-corrected chi connectivity index (χ2v) is 6.88. The highest BCUT2D eigenvalue weighted by atomic mass is 16.5. The van der Waals surface area contributed by atoms with Gasteiger partial charge in [-0.25, -0.2) is 9.97 Å². The highest BCUT2D eigenvalue weighted by Crippen LogP contribution is 2.30. The summed E-state index contributed by atoms with van der Waals surface area (Å²) >= 11 is 0. The van der Waals surface area contributed by atoms with Crippen LogP contribution in [0.2, 0.25) is 0 Å². The maximum absolute atomic E-state index is 12.0. The van der Waals surface area contributed by atoms with Crippen molar-refractivity contribution in [3.8, 4) is 0 Å². The molecule has 0 bridgehead atoms. The molecule has 1 aromatic heterocycles. The Labute approximate surface area is 153 Å². The van der Waals surface area contributed by atoms with Gasteiger partial charge in [0.05, 0.1) is 12.2 Å². The highest BCUT2D eigenvalue weighted by Gasteiger charge is 2.29. The average molecular weight is 361 g/mol. The number of nitrogens with zero attached hydrogens (tertiary/aromatic N) is 4. The number of amides is 2. The second kappa shape index (κ2) is 7.99. The Morgan fingerprint density at radius 1 is 1.19 bits per heavy atom. The number of hydrogen-bond acceptors (Lipinski definition) is 6. The molecule has 1 aromatic rings. The molecule has 0 atom stereocenters. The number of fused-ring (bicyclic) bond motifs is 1. The minimum Gasteiger partial charge on any atom is -0.375 e. The average Bonchev–Trinajstić information content (AvgIpc) is 2.66. The van der Waals surface area contributed by atoms with E-state index in [1.54, 1.807) is 6.92 Å². The molecule has 1 saturated heterocycles. The van der Waals surface area contributed by atoms with Gasteiger partial charge in [0.25, 0.3) is 0 Å². The van der Waals surface area contributed by atoms with E-state index in [2.05, 4.69) is 5.32 Å². The molecule has 0 radical (unpaired) electrons. The summed E-state index contributed by atoms with van der Waals surface area (Å²) in [5.41, 5.74) is 2.06. The number of rotatable bonds is 4. The molecule has 26 heavy (non-hydrogen) atoms. The van der Waals surface area contributed by atoms with E-state index in [9.17, 15) is 9.59 Å². The lowest BCUT2D eigenvalue weighted by molar-refractivity contribution is -0.136. The number of carbonyl (C=O) groups is 2. The van der Waals surface area contributed by atoms with Crippen LogP contribution >= 0.6 is 0 Å². The van der Waals surface area contributed by atoms with Crippen molar-refractivity contribution >= 4 is 17.6 Å². The molecule has 0 saturated carbocycles. The minimum absolute atomic E-state index is 0.0327. The van der Waals surface area contributed by atoms with Crippen LogP contribution < -0.4 is 5.32 Å². The lowest BCUT2D eigenvalue weighted by Gasteiger charge is -2.33. The van der Waals surface area contributed by atoms with Gasteiger partial charge in [0.15, 0.2) is 0 Å². The highest BCUT2D eigenvalue weighted by molar-refractivity contribution is 5.77. The second-order valence-electron chi connectivity index (χ2n) is 6.88. The van der Waals surface area contributed by atoms with Gasteiger partial charge < -0.3 is 19.9 Å². The zero-order valence-corrected chi connectivity index (χ0v) is 15.7. The van der Waals surface area contributed by atoms with Gasteiger partial charge in [0.2, 0.25) is 11.8 Å². The molecule has 2 aliphatic heterocycles. The van der Waals surface area contributed by atoms with Gasteiger partial charge in [-0.05, 0) is 19.3 Å². The summed E-state index contributed by atoms with van der Waals surface area (Å²) in [6.07, 6.45) is 2.46. The molecule has 0 spiro atoms. The zero-order valence-electron chi connectivity index (χ0n) is 15.7. The molecule has 3 heterocycles. The molecular weight excluding hydrogens is 334 g/mol. The standard InChI is InChI=1S/C18H27N5O3/c1-12(24)23-9-6-14-15(10-23)20-17(21-18(14)19-2)13-4-7-22(8-5-13)16(25)11-26-3/h13H,4-11H2,1-3H3,(H,19,20,21). The maximum Gasteiger partial charge on any atom is 0.248 e. The molecule has 0 unspecified atom stereocenters. The van der Waals surface area contributed by atoms with Crippen molar-refractivity contribution in [2.45, 2.75) is 38.6 Å². The summed E-state index contributed by atoms with van der Waals surface area (Å²) in [6.45, 7) is 4.37. The maximum atomic E-state index is 12.0. The van der Waals surface area contributed by atoms with Crippen molar-refractivity contribution in [2.75, 3.05) is 45.7 Å². The van der Waals surface area contributed by atoms with Gasteiger partial charge in [0, 0.05) is 52.2 Å². The summed E-state index contributed by atoms with van der Waals surface area (Å²) in [6, 6.07) is 0. The van der Waals surface area contributed by atoms with E-state index >= 15 is 0 Å². The molecule has 0 aromatic carbocycles. The van der Waals surface area contributed by atoms with E-state index in [1.165, 1.54) is 7.11 Å². The van der Waals surface area contributed by atoms with Crippen molar-refractivity contribution in [3.63, 3.8) is 0 Å². The predicted molar refractivity (Wildman–Crippen MR) is 96.8 cm³/mol. The molecule has 2 aliphatic rings. The molecule has 0 aliphatic carbocycles. The van der Waals surface area contributed by atoms with Crippen molar-refractivity contribution in [2.24, 2.45) is 0 Å². The molecular formula is C18H27N5O3. The van der Waals surface area contributed by atoms with Crippen LogP contribution in [0.1, 0.15) is 42.8 Å². The number of aromatic nitrogens is 2. The van der Waals surface area contributed by atoms with Crippen molar-refractivity contribution < 1.29 is 14.3 Å². The third-order valence-corrected chi connectivity index (χ3v) is 5.25. The van der Waals surface area contributed by atoms with E-state index in [1.807, 2.05) is 16.8 Å². The number of ether oxygens (including phenoxy) is 1. The van der Waals surface area contributed by atoms with Gasteiger partial charge in [-0.2, -0.15) is 0 Å². The fourth-order valence-electron chi connectivity index (χ4n) is 3.71. The number of nitrogens with one attached hydrogen (secondary N) is 1. The van der Waals surface area contributed by atoms with Gasteiger partial charge in [-0.15, -0.1) is 0 Å². The van der Waals surface area contributed by atoms with Gasteiger partial charge in [-0.1, -0.05) is 0 Å². The smallest absolute Gasteiger partial charge is 0.248 e. The summed E-state index contributed by atoms with van der Waals surface area (Å²) in [5, 5.41) is 3.19. The summed E-state index contributed by atoms with van der Waals surface area (Å²) in [4.78, 5) is 36.9. The normalized spacial score (nSPS) is 17.8. The van der Waals surface area contributed by atoms with Gasteiger partial charge in [-0.3, -0.25) is 9.59 Å². The van der Waals surface area contributed by atoms with Crippen LogP contribution in [-0.2, 0) is 27.3 Å². The van der Waals surface area contributed by atoms with Crippen LogP contribution in [0, 0.1) is 0 Å². The molecule has 2 amide bonds. The van der Waals surface area contributed by atoms with Crippen LogP contribution in [0.3, 0.4) is 0 Å². The Bertz CT molecular complexity index is 686. The monoisotopic (exact) mass is 361 g/mol. The van der Waals surface area contributed by atoms with Crippen molar-refractivity contribution in [3.05, 3.63) is 17.1 Å². The fraction of sp³-hybridized carbons (Fsp3) is 0.667. The first-order valence-corrected chi connectivity index (χ1v) is 9.13. The molecule has 8 nitrogen and oxygen atoms in total. The van der Waals surface area contributed by atoms with Crippen LogP contribution in [0.15, 0.2) is 0 Å². The lowest BCUT2D eigenvalue weighted by Crippen LogP contribution is -2.40. The number of carbonyl (C=O) groups excluding carboxylic acids is 2. The van der Waals surface area contributed by atoms with E-state index < -0.39 is 0 Å². The molecule has 142 valence electrons.